The minimum absolute atomic E-state index is 0.0596. The molecule has 11 heavy (non-hydrogen) atoms. The van der Waals surface area contributed by atoms with Crippen LogP contribution in [0.15, 0.2) is 11.6 Å². The van der Waals surface area contributed by atoms with E-state index < -0.39 is 0 Å². The molecular formula is C9H16O2. The van der Waals surface area contributed by atoms with Crippen molar-refractivity contribution in [2.75, 3.05) is 13.2 Å². The van der Waals surface area contributed by atoms with Crippen molar-refractivity contribution in [3.8, 4) is 0 Å². The average molecular weight is 156 g/mol. The third-order valence-electron chi connectivity index (χ3n) is 1.64. The van der Waals surface area contributed by atoms with Crippen LogP contribution in [0.4, 0.5) is 0 Å². The molecule has 2 nitrogen and oxygen atoms in total. The molecule has 0 radical (unpaired) electrons. The summed E-state index contributed by atoms with van der Waals surface area (Å²) in [6.07, 6.45) is 4.63. The van der Waals surface area contributed by atoms with Crippen LogP contribution in [-0.2, 0) is 9.47 Å². The second kappa shape index (κ2) is 4.52. The van der Waals surface area contributed by atoms with Gasteiger partial charge in [0.2, 0.25) is 0 Å². The van der Waals surface area contributed by atoms with Gasteiger partial charge in [0.1, 0.15) is 0 Å². The van der Waals surface area contributed by atoms with Gasteiger partial charge in [-0.3, -0.25) is 0 Å². The van der Waals surface area contributed by atoms with E-state index in [1.54, 1.807) is 0 Å². The number of hydrogen-bond donors (Lipinski definition) is 0. The van der Waals surface area contributed by atoms with Crippen LogP contribution in [0.1, 0.15) is 26.7 Å². The molecule has 1 fully saturated rings. The fourth-order valence-corrected chi connectivity index (χ4v) is 0.861. The Balaban J connectivity index is 1.96. The van der Waals surface area contributed by atoms with E-state index in [1.807, 2.05) is 13.8 Å². The largest absolute Gasteiger partial charge is 0.353 e. The highest BCUT2D eigenvalue weighted by Crippen LogP contribution is 2.26. The molecule has 64 valence electrons. The topological polar surface area (TPSA) is 18.5 Å². The summed E-state index contributed by atoms with van der Waals surface area (Å²) < 4.78 is 10.5. The first-order valence-corrected chi connectivity index (χ1v) is 4.24. The van der Waals surface area contributed by atoms with Crippen LogP contribution < -0.4 is 0 Å². The molecule has 0 aromatic heterocycles. The Morgan fingerprint density at radius 2 is 2.18 bits per heavy atom. The van der Waals surface area contributed by atoms with Crippen molar-refractivity contribution in [2.24, 2.45) is 0 Å². The summed E-state index contributed by atoms with van der Waals surface area (Å²) in [5.74, 6) is 0. The molecule has 1 saturated carbocycles. The predicted octanol–water partition coefficient (Wildman–Crippen LogP) is 2.11. The van der Waals surface area contributed by atoms with Gasteiger partial charge >= 0.3 is 0 Å². The van der Waals surface area contributed by atoms with Crippen molar-refractivity contribution in [1.82, 2.24) is 0 Å². The fraction of sp³-hybridized carbons (Fsp3) is 0.778. The molecule has 0 N–H and O–H groups in total. The van der Waals surface area contributed by atoms with Gasteiger partial charge in [0.25, 0.3) is 0 Å². The van der Waals surface area contributed by atoms with Crippen molar-refractivity contribution >= 4 is 0 Å². The normalized spacial score (nSPS) is 18.2. The van der Waals surface area contributed by atoms with Crippen LogP contribution in [0.5, 0.6) is 0 Å². The summed E-state index contributed by atoms with van der Waals surface area (Å²) in [7, 11) is 0. The van der Waals surface area contributed by atoms with Gasteiger partial charge in [-0.25, -0.2) is 0 Å². The Bertz CT molecular complexity index is 134. The molecule has 0 spiro atoms. The summed E-state index contributed by atoms with van der Waals surface area (Å²) >= 11 is 0. The lowest BCUT2D eigenvalue weighted by Crippen LogP contribution is -2.12. The quantitative estimate of drug-likeness (QED) is 0.448. The second-order valence-corrected chi connectivity index (χ2v) is 2.72. The third kappa shape index (κ3) is 4.17. The lowest BCUT2D eigenvalue weighted by Gasteiger charge is -2.10. The SMILES string of the molecule is CCOC(C)OCC=C1CC1. The van der Waals surface area contributed by atoms with E-state index >= 15 is 0 Å². The molecule has 1 rings (SSSR count). The van der Waals surface area contributed by atoms with Crippen molar-refractivity contribution in [1.29, 1.82) is 0 Å². The van der Waals surface area contributed by atoms with Crippen LogP contribution in [0, 0.1) is 0 Å². The first-order valence-electron chi connectivity index (χ1n) is 4.24. The zero-order valence-electron chi connectivity index (χ0n) is 7.30. The van der Waals surface area contributed by atoms with E-state index in [0.29, 0.717) is 6.61 Å². The molecule has 1 unspecified atom stereocenters. The van der Waals surface area contributed by atoms with Gasteiger partial charge < -0.3 is 9.47 Å². The molecule has 0 aliphatic heterocycles. The van der Waals surface area contributed by atoms with Gasteiger partial charge in [0, 0.05) is 6.61 Å². The van der Waals surface area contributed by atoms with Crippen molar-refractivity contribution in [3.05, 3.63) is 11.6 Å². The van der Waals surface area contributed by atoms with Gasteiger partial charge in [-0.15, -0.1) is 0 Å². The number of hydrogen-bond acceptors (Lipinski definition) is 2. The highest BCUT2D eigenvalue weighted by atomic mass is 16.7. The van der Waals surface area contributed by atoms with Crippen molar-refractivity contribution in [3.63, 3.8) is 0 Å². The van der Waals surface area contributed by atoms with Crippen LogP contribution in [-0.4, -0.2) is 19.5 Å². The van der Waals surface area contributed by atoms with Crippen LogP contribution in [0.25, 0.3) is 0 Å². The van der Waals surface area contributed by atoms with E-state index in [0.717, 1.165) is 6.61 Å². The molecule has 0 aromatic rings. The van der Waals surface area contributed by atoms with Crippen LogP contribution >= 0.6 is 0 Å². The minimum atomic E-state index is -0.0596. The zero-order chi connectivity index (χ0) is 8.10. The van der Waals surface area contributed by atoms with Gasteiger partial charge in [-0.05, 0) is 26.7 Å². The number of ether oxygens (including phenoxy) is 2. The Hall–Kier alpha value is -0.340. The molecule has 0 heterocycles. The molecule has 0 amide bonds. The lowest BCUT2D eigenvalue weighted by molar-refractivity contribution is -0.118. The van der Waals surface area contributed by atoms with E-state index in [-0.39, 0.29) is 6.29 Å². The highest BCUT2D eigenvalue weighted by Gasteiger charge is 2.09. The maximum Gasteiger partial charge on any atom is 0.155 e. The Labute approximate surface area is 68.2 Å². The Morgan fingerprint density at radius 1 is 1.45 bits per heavy atom. The summed E-state index contributed by atoms with van der Waals surface area (Å²) in [5.41, 5.74) is 1.52. The van der Waals surface area contributed by atoms with Gasteiger partial charge in [0.05, 0.1) is 6.61 Å². The van der Waals surface area contributed by atoms with E-state index in [1.165, 1.54) is 18.4 Å². The summed E-state index contributed by atoms with van der Waals surface area (Å²) in [6, 6.07) is 0. The maximum atomic E-state index is 5.33. The predicted molar refractivity (Wildman–Crippen MR) is 44.4 cm³/mol. The van der Waals surface area contributed by atoms with Gasteiger partial charge in [0.15, 0.2) is 6.29 Å². The minimum Gasteiger partial charge on any atom is -0.353 e. The maximum absolute atomic E-state index is 5.33. The molecule has 0 bridgehead atoms. The van der Waals surface area contributed by atoms with Gasteiger partial charge in [-0.2, -0.15) is 0 Å². The fourth-order valence-electron chi connectivity index (χ4n) is 0.861. The molecular weight excluding hydrogens is 140 g/mol. The molecule has 0 aromatic carbocycles. The molecule has 2 heteroatoms. The first-order chi connectivity index (χ1) is 5.33. The van der Waals surface area contributed by atoms with Crippen molar-refractivity contribution < 1.29 is 9.47 Å². The van der Waals surface area contributed by atoms with Crippen LogP contribution in [0.3, 0.4) is 0 Å². The summed E-state index contributed by atoms with van der Waals surface area (Å²) in [6.45, 7) is 5.32. The zero-order valence-corrected chi connectivity index (χ0v) is 7.30. The number of allylic oxidation sites excluding steroid dienone is 1. The van der Waals surface area contributed by atoms with E-state index in [4.69, 9.17) is 9.47 Å². The molecule has 1 atom stereocenters. The first kappa shape index (κ1) is 8.75. The monoisotopic (exact) mass is 156 g/mol. The molecule has 1 aliphatic carbocycles. The molecule has 0 saturated heterocycles. The Kier molecular flexibility index (Phi) is 3.60. The lowest BCUT2D eigenvalue weighted by atomic mass is 10.5. The van der Waals surface area contributed by atoms with Crippen LogP contribution in [0.2, 0.25) is 0 Å². The standard InChI is InChI=1S/C9H16O2/c1-3-10-8(2)11-7-6-9-4-5-9/h6,8H,3-5,7H2,1-2H3. The smallest absolute Gasteiger partial charge is 0.155 e. The van der Waals surface area contributed by atoms with E-state index in [9.17, 15) is 0 Å². The summed E-state index contributed by atoms with van der Waals surface area (Å²) in [5, 5.41) is 0. The Morgan fingerprint density at radius 3 is 2.73 bits per heavy atom. The van der Waals surface area contributed by atoms with Gasteiger partial charge in [-0.1, -0.05) is 11.6 Å². The third-order valence-corrected chi connectivity index (χ3v) is 1.64. The number of rotatable bonds is 5. The average Bonchev–Trinajstić information content (AvgIpc) is 2.72. The summed E-state index contributed by atoms with van der Waals surface area (Å²) in [4.78, 5) is 0. The van der Waals surface area contributed by atoms with Crippen molar-refractivity contribution in [2.45, 2.75) is 33.0 Å². The molecule has 1 aliphatic rings. The highest BCUT2D eigenvalue weighted by molar-refractivity contribution is 5.15. The second-order valence-electron chi connectivity index (χ2n) is 2.72. The van der Waals surface area contributed by atoms with E-state index in [2.05, 4.69) is 6.08 Å².